The average Bonchev–Trinajstić information content (AvgIpc) is 3.04. The highest BCUT2D eigenvalue weighted by Gasteiger charge is 2.30. The summed E-state index contributed by atoms with van der Waals surface area (Å²) in [4.78, 5) is 4.65. The number of halogens is 3. The van der Waals surface area contributed by atoms with E-state index in [1.165, 1.54) is 18.4 Å². The predicted molar refractivity (Wildman–Crippen MR) is 82.5 cm³/mol. The molecule has 0 aliphatic carbocycles. The number of nitrogens with zero attached hydrogens (tertiary/aromatic N) is 2. The van der Waals surface area contributed by atoms with E-state index in [9.17, 15) is 17.4 Å². The molecule has 8 heteroatoms. The van der Waals surface area contributed by atoms with Crippen LogP contribution in [0.5, 0.6) is 0 Å². The highest BCUT2D eigenvalue weighted by molar-refractivity contribution is 7.84. The summed E-state index contributed by atoms with van der Waals surface area (Å²) >= 11 is 0. The first-order valence-electron chi connectivity index (χ1n) is 6.80. The third kappa shape index (κ3) is 3.23. The van der Waals surface area contributed by atoms with Gasteiger partial charge in [-0.05, 0) is 24.3 Å². The van der Waals surface area contributed by atoms with Crippen molar-refractivity contribution in [1.82, 2.24) is 10.1 Å². The van der Waals surface area contributed by atoms with E-state index >= 15 is 0 Å². The lowest BCUT2D eigenvalue weighted by atomic mass is 10.1. The Labute approximate surface area is 137 Å². The summed E-state index contributed by atoms with van der Waals surface area (Å²) in [6, 6.07) is 11.5. The minimum Gasteiger partial charge on any atom is -0.334 e. The molecule has 4 nitrogen and oxygen atoms in total. The van der Waals surface area contributed by atoms with E-state index in [0.29, 0.717) is 10.5 Å². The SMILES string of the molecule is C[S@](=O)c1ccccc1-c1nc(-c2cccc(C(F)(F)F)c2)no1. The van der Waals surface area contributed by atoms with Crippen molar-refractivity contribution in [3.05, 3.63) is 54.1 Å². The summed E-state index contributed by atoms with van der Waals surface area (Å²) in [5.41, 5.74) is -0.111. The van der Waals surface area contributed by atoms with Crippen LogP contribution in [0.4, 0.5) is 13.2 Å². The quantitative estimate of drug-likeness (QED) is 0.710. The van der Waals surface area contributed by atoms with Crippen LogP contribution in [0.1, 0.15) is 5.56 Å². The zero-order chi connectivity index (χ0) is 17.3. The second-order valence-corrected chi connectivity index (χ2v) is 6.30. The van der Waals surface area contributed by atoms with E-state index in [1.54, 1.807) is 24.3 Å². The lowest BCUT2D eigenvalue weighted by molar-refractivity contribution is -0.137. The Balaban J connectivity index is 2.02. The van der Waals surface area contributed by atoms with Gasteiger partial charge in [0, 0.05) is 11.8 Å². The van der Waals surface area contributed by atoms with Gasteiger partial charge in [0.25, 0.3) is 5.89 Å². The fourth-order valence-electron chi connectivity index (χ4n) is 2.18. The molecule has 24 heavy (non-hydrogen) atoms. The first kappa shape index (κ1) is 16.4. The molecule has 3 rings (SSSR count). The Hall–Kier alpha value is -2.48. The van der Waals surface area contributed by atoms with Crippen molar-refractivity contribution >= 4 is 10.8 Å². The van der Waals surface area contributed by atoms with Gasteiger partial charge >= 0.3 is 6.18 Å². The molecule has 0 aliphatic heterocycles. The Morgan fingerprint density at radius 1 is 1.08 bits per heavy atom. The van der Waals surface area contributed by atoms with E-state index in [1.807, 2.05) is 0 Å². The van der Waals surface area contributed by atoms with Crippen LogP contribution >= 0.6 is 0 Å². The number of aromatic nitrogens is 2. The third-order valence-electron chi connectivity index (χ3n) is 3.30. The Kier molecular flexibility index (Phi) is 4.23. The molecule has 0 saturated heterocycles. The first-order chi connectivity index (χ1) is 11.4. The minimum atomic E-state index is -4.45. The highest BCUT2D eigenvalue weighted by Crippen LogP contribution is 2.32. The van der Waals surface area contributed by atoms with E-state index in [2.05, 4.69) is 10.1 Å². The van der Waals surface area contributed by atoms with Crippen LogP contribution in [0.2, 0.25) is 0 Å². The third-order valence-corrected chi connectivity index (χ3v) is 4.28. The van der Waals surface area contributed by atoms with Gasteiger partial charge in [0.15, 0.2) is 0 Å². The van der Waals surface area contributed by atoms with Gasteiger partial charge in [-0.25, -0.2) is 0 Å². The Morgan fingerprint density at radius 2 is 1.83 bits per heavy atom. The maximum atomic E-state index is 12.8. The lowest BCUT2D eigenvalue weighted by Crippen LogP contribution is -2.04. The van der Waals surface area contributed by atoms with Gasteiger partial charge in [0.05, 0.1) is 26.8 Å². The zero-order valence-electron chi connectivity index (χ0n) is 12.4. The molecule has 0 spiro atoms. The minimum absolute atomic E-state index is 0.0350. The van der Waals surface area contributed by atoms with Crippen LogP contribution in [0, 0.1) is 0 Å². The van der Waals surface area contributed by atoms with Gasteiger partial charge < -0.3 is 4.52 Å². The molecule has 0 saturated carbocycles. The van der Waals surface area contributed by atoms with Crippen LogP contribution in [-0.2, 0) is 17.0 Å². The van der Waals surface area contributed by atoms with Crippen molar-refractivity contribution in [1.29, 1.82) is 0 Å². The van der Waals surface area contributed by atoms with E-state index in [0.717, 1.165) is 12.1 Å². The fourth-order valence-corrected chi connectivity index (χ4v) is 2.91. The molecule has 124 valence electrons. The van der Waals surface area contributed by atoms with Crippen LogP contribution in [0.15, 0.2) is 57.9 Å². The summed E-state index contributed by atoms with van der Waals surface area (Å²) in [5.74, 6) is 0.140. The zero-order valence-corrected chi connectivity index (χ0v) is 13.2. The number of benzene rings is 2. The van der Waals surface area contributed by atoms with Crippen LogP contribution in [0.25, 0.3) is 22.8 Å². The Bertz CT molecular complexity index is 906. The van der Waals surface area contributed by atoms with Crippen molar-refractivity contribution < 1.29 is 21.9 Å². The number of alkyl halides is 3. The van der Waals surface area contributed by atoms with E-state index in [-0.39, 0.29) is 17.3 Å². The maximum absolute atomic E-state index is 12.8. The number of hydrogen-bond donors (Lipinski definition) is 0. The van der Waals surface area contributed by atoms with Crippen LogP contribution < -0.4 is 0 Å². The molecule has 3 aromatic rings. The molecule has 0 bridgehead atoms. The van der Waals surface area contributed by atoms with Crippen molar-refractivity contribution in [2.24, 2.45) is 0 Å². The molecule has 1 heterocycles. The molecule has 0 aliphatic rings. The smallest absolute Gasteiger partial charge is 0.334 e. The van der Waals surface area contributed by atoms with Gasteiger partial charge in [-0.3, -0.25) is 4.21 Å². The van der Waals surface area contributed by atoms with Gasteiger partial charge in [0.1, 0.15) is 0 Å². The molecule has 1 aromatic heterocycles. The fraction of sp³-hybridized carbons (Fsp3) is 0.125. The second-order valence-electron chi connectivity index (χ2n) is 4.95. The summed E-state index contributed by atoms with van der Waals surface area (Å²) in [5, 5.41) is 3.73. The standard InChI is InChI=1S/C16H11F3N2O2S/c1-24(22)13-8-3-2-7-12(13)15-20-14(21-23-15)10-5-4-6-11(9-10)16(17,18)19/h2-9H,1H3/t24-/m0/s1. The maximum Gasteiger partial charge on any atom is 0.416 e. The highest BCUT2D eigenvalue weighted by atomic mass is 32.2. The van der Waals surface area contributed by atoms with Crippen LogP contribution in [-0.4, -0.2) is 20.6 Å². The van der Waals surface area contributed by atoms with E-state index in [4.69, 9.17) is 4.52 Å². The van der Waals surface area contributed by atoms with Crippen molar-refractivity contribution in [3.63, 3.8) is 0 Å². The van der Waals surface area contributed by atoms with Crippen molar-refractivity contribution in [2.75, 3.05) is 6.26 Å². The summed E-state index contributed by atoms with van der Waals surface area (Å²) < 4.78 is 55.3. The largest absolute Gasteiger partial charge is 0.416 e. The van der Waals surface area contributed by atoms with E-state index < -0.39 is 22.5 Å². The van der Waals surface area contributed by atoms with Gasteiger partial charge in [-0.2, -0.15) is 18.2 Å². The summed E-state index contributed by atoms with van der Waals surface area (Å²) in [6.07, 6.45) is -2.93. The van der Waals surface area contributed by atoms with Crippen molar-refractivity contribution in [3.8, 4) is 22.8 Å². The molecule has 1 atom stereocenters. The lowest BCUT2D eigenvalue weighted by Gasteiger charge is -2.06. The summed E-state index contributed by atoms with van der Waals surface area (Å²) in [7, 11) is -1.27. The molecule has 0 amide bonds. The first-order valence-corrected chi connectivity index (χ1v) is 8.36. The molecule has 0 radical (unpaired) electrons. The molecular formula is C16H11F3N2O2S. The molecule has 0 fully saturated rings. The number of rotatable bonds is 3. The van der Waals surface area contributed by atoms with Crippen LogP contribution in [0.3, 0.4) is 0 Å². The second kappa shape index (κ2) is 6.20. The predicted octanol–water partition coefficient (Wildman–Crippen LogP) is 4.16. The summed E-state index contributed by atoms with van der Waals surface area (Å²) in [6.45, 7) is 0. The number of hydrogen-bond acceptors (Lipinski definition) is 4. The van der Waals surface area contributed by atoms with Gasteiger partial charge in [0.2, 0.25) is 5.82 Å². The average molecular weight is 352 g/mol. The molecular weight excluding hydrogens is 341 g/mol. The molecule has 0 N–H and O–H groups in total. The van der Waals surface area contributed by atoms with Gasteiger partial charge in [-0.1, -0.05) is 29.4 Å². The topological polar surface area (TPSA) is 56.0 Å². The Morgan fingerprint density at radius 3 is 2.54 bits per heavy atom. The molecule has 0 unspecified atom stereocenters. The molecule has 2 aromatic carbocycles. The van der Waals surface area contributed by atoms with Gasteiger partial charge in [-0.15, -0.1) is 0 Å². The monoisotopic (exact) mass is 352 g/mol. The van der Waals surface area contributed by atoms with Crippen molar-refractivity contribution in [2.45, 2.75) is 11.1 Å². The normalized spacial score (nSPS) is 13.0.